The molecule has 232 valence electrons. The molecule has 0 saturated heterocycles. The Morgan fingerprint density at radius 1 is 0.955 bits per heavy atom. The number of aromatic nitrogens is 4. The molecule has 3 heterocycles. The first-order valence-electron chi connectivity index (χ1n) is 13.5. The van der Waals surface area contributed by atoms with E-state index in [-0.39, 0.29) is 17.9 Å². The van der Waals surface area contributed by atoms with Crippen molar-refractivity contribution in [1.82, 2.24) is 25.3 Å². The van der Waals surface area contributed by atoms with Crippen LogP contribution in [0.4, 0.5) is 23.7 Å². The number of carbonyl (C=O) groups is 1. The summed E-state index contributed by atoms with van der Waals surface area (Å²) in [5.74, 6) is 0. The van der Waals surface area contributed by atoms with Gasteiger partial charge in [0.2, 0.25) is 0 Å². The van der Waals surface area contributed by atoms with E-state index in [1.807, 2.05) is 6.92 Å². The second-order valence-corrected chi connectivity index (χ2v) is 12.4. The summed E-state index contributed by atoms with van der Waals surface area (Å²) < 4.78 is 74.6. The van der Waals surface area contributed by atoms with Gasteiger partial charge in [0.15, 0.2) is 0 Å². The summed E-state index contributed by atoms with van der Waals surface area (Å²) in [6, 6.07) is 8.93. The fourth-order valence-corrected chi connectivity index (χ4v) is 5.60. The Kier molecular flexibility index (Phi) is 9.23. The number of ether oxygens (including phenoxy) is 1. The van der Waals surface area contributed by atoms with Crippen LogP contribution in [0, 0.1) is 6.92 Å². The van der Waals surface area contributed by atoms with E-state index in [0.717, 1.165) is 12.1 Å². The number of hydrogen-bond donors (Lipinski definition) is 2. The molecule has 0 bridgehead atoms. The summed E-state index contributed by atoms with van der Waals surface area (Å²) in [4.78, 5) is 28.7. The first-order valence-corrected chi connectivity index (χ1v) is 15.0. The second-order valence-electron chi connectivity index (χ2n) is 10.7. The number of benzene rings is 1. The summed E-state index contributed by atoms with van der Waals surface area (Å²) >= 11 is 0. The summed E-state index contributed by atoms with van der Waals surface area (Å²) in [6.45, 7) is 8.84. The number of anilines is 1. The highest BCUT2D eigenvalue weighted by molar-refractivity contribution is 7.92. The molecule has 2 N–H and O–H groups in total. The molecule has 0 atom stereocenters. The molecule has 0 spiro atoms. The van der Waals surface area contributed by atoms with Gasteiger partial charge in [0, 0.05) is 29.1 Å². The Hall–Kier alpha value is -4.59. The van der Waals surface area contributed by atoms with Gasteiger partial charge in [-0.05, 0) is 64.4 Å². The average molecular weight is 629 g/mol. The highest BCUT2D eigenvalue weighted by Crippen LogP contribution is 2.37. The molecule has 0 saturated carbocycles. The molecule has 0 fully saturated rings. The predicted octanol–water partition coefficient (Wildman–Crippen LogP) is 6.32. The van der Waals surface area contributed by atoms with Crippen LogP contribution in [0.15, 0.2) is 66.1 Å². The van der Waals surface area contributed by atoms with Gasteiger partial charge in [0.05, 0.1) is 45.5 Å². The first-order chi connectivity index (χ1) is 20.6. The van der Waals surface area contributed by atoms with Crippen molar-refractivity contribution in [2.45, 2.75) is 64.3 Å². The lowest BCUT2D eigenvalue weighted by atomic mass is 9.98. The molecular formula is C30H31F3N6O4S. The van der Waals surface area contributed by atoms with Gasteiger partial charge in [0.25, 0.3) is 10.0 Å². The monoisotopic (exact) mass is 628 g/mol. The van der Waals surface area contributed by atoms with Crippen molar-refractivity contribution < 1.29 is 31.1 Å². The molecule has 3 aromatic heterocycles. The highest BCUT2D eigenvalue weighted by Gasteiger charge is 2.37. The number of alkyl halides is 3. The van der Waals surface area contributed by atoms with E-state index >= 15 is 0 Å². The van der Waals surface area contributed by atoms with Crippen molar-refractivity contribution >= 4 is 21.8 Å². The van der Waals surface area contributed by atoms with E-state index in [2.05, 4.69) is 30.0 Å². The Bertz CT molecular complexity index is 1770. The molecule has 1 amide bonds. The zero-order valence-corrected chi connectivity index (χ0v) is 25.5. The Balaban J connectivity index is 1.68. The lowest BCUT2D eigenvalue weighted by molar-refractivity contribution is -0.139. The van der Waals surface area contributed by atoms with Crippen molar-refractivity contribution in [3.63, 3.8) is 0 Å². The minimum Gasteiger partial charge on any atom is -0.444 e. The van der Waals surface area contributed by atoms with Gasteiger partial charge in [-0.15, -0.1) is 0 Å². The smallest absolute Gasteiger partial charge is 0.417 e. The van der Waals surface area contributed by atoms with Crippen molar-refractivity contribution in [2.75, 3.05) is 4.72 Å². The molecule has 10 nitrogen and oxygen atoms in total. The zero-order valence-electron chi connectivity index (χ0n) is 24.7. The van der Waals surface area contributed by atoms with Gasteiger partial charge in [-0.1, -0.05) is 19.1 Å². The number of aryl methyl sites for hydroxylation is 2. The maximum Gasteiger partial charge on any atom is 0.417 e. The van der Waals surface area contributed by atoms with Gasteiger partial charge >= 0.3 is 12.3 Å². The number of nitrogens with zero attached hydrogens (tertiary/aromatic N) is 4. The summed E-state index contributed by atoms with van der Waals surface area (Å²) in [5, 5.41) is 2.65. The van der Waals surface area contributed by atoms with E-state index in [9.17, 15) is 26.4 Å². The van der Waals surface area contributed by atoms with Gasteiger partial charge in [0.1, 0.15) is 11.9 Å². The van der Waals surface area contributed by atoms with Crippen LogP contribution in [0.25, 0.3) is 22.4 Å². The van der Waals surface area contributed by atoms with Gasteiger partial charge in [-0.2, -0.15) is 13.2 Å². The van der Waals surface area contributed by atoms with E-state index in [1.165, 1.54) is 31.6 Å². The van der Waals surface area contributed by atoms with Crippen LogP contribution in [0.2, 0.25) is 0 Å². The van der Waals surface area contributed by atoms with Crippen LogP contribution < -0.4 is 10.0 Å². The van der Waals surface area contributed by atoms with Crippen LogP contribution in [0.3, 0.4) is 0 Å². The molecule has 0 unspecified atom stereocenters. The lowest BCUT2D eigenvalue weighted by Gasteiger charge is -2.19. The fraction of sp³-hybridized carbons (Fsp3) is 0.300. The molecule has 44 heavy (non-hydrogen) atoms. The van der Waals surface area contributed by atoms with Gasteiger partial charge in [-0.25, -0.2) is 23.2 Å². The fourth-order valence-electron chi connectivity index (χ4n) is 4.27. The van der Waals surface area contributed by atoms with Crippen LogP contribution in [-0.2, 0) is 33.9 Å². The lowest BCUT2D eigenvalue weighted by Crippen LogP contribution is -2.32. The largest absolute Gasteiger partial charge is 0.444 e. The van der Waals surface area contributed by atoms with E-state index in [0.29, 0.717) is 46.3 Å². The van der Waals surface area contributed by atoms with Crippen molar-refractivity contribution in [3.05, 3.63) is 83.8 Å². The van der Waals surface area contributed by atoms with E-state index in [4.69, 9.17) is 4.74 Å². The molecule has 4 aromatic rings. The predicted molar refractivity (Wildman–Crippen MR) is 158 cm³/mol. The minimum absolute atomic E-state index is 0.00183. The number of rotatable bonds is 8. The molecule has 0 aliphatic rings. The molecule has 14 heteroatoms. The number of halogens is 3. The molecule has 1 aromatic carbocycles. The summed E-state index contributed by atoms with van der Waals surface area (Å²) in [6.07, 6.45) is -0.461. The summed E-state index contributed by atoms with van der Waals surface area (Å²) in [5.41, 5.74) is 1.63. The van der Waals surface area contributed by atoms with Crippen LogP contribution >= 0.6 is 0 Å². The average Bonchev–Trinajstić information content (AvgIpc) is 2.96. The maximum absolute atomic E-state index is 13.6. The van der Waals surface area contributed by atoms with Crippen LogP contribution in [0.1, 0.15) is 50.3 Å². The van der Waals surface area contributed by atoms with Crippen molar-refractivity contribution in [3.8, 4) is 22.4 Å². The maximum atomic E-state index is 13.6. The van der Waals surface area contributed by atoms with E-state index in [1.54, 1.807) is 39.1 Å². The second kappa shape index (κ2) is 12.6. The Morgan fingerprint density at radius 2 is 1.66 bits per heavy atom. The third kappa shape index (κ3) is 7.67. The Labute approximate surface area is 253 Å². The Morgan fingerprint density at radius 3 is 2.30 bits per heavy atom. The van der Waals surface area contributed by atoms with Crippen LogP contribution in [0.5, 0.6) is 0 Å². The zero-order chi connectivity index (χ0) is 32.3. The standard InChI is InChI=1S/C30H31F3N6O4S/c1-6-23-26(27(38-17-37-23)19-11-12-21(35-14-19)16-36-28(40)43-29(3,4)5)20-13-24(18(2)34-15-20)39-44(41,42)25-10-8-7-9-22(25)30(31,32)33/h7-15,17,39H,6,16H2,1-5H3,(H,36,40). The number of nitrogens with one attached hydrogen (secondary N) is 2. The number of pyridine rings is 2. The SMILES string of the molecule is CCc1ncnc(-c2ccc(CNC(=O)OC(C)(C)C)nc2)c1-c1cnc(C)c(NS(=O)(=O)c2ccccc2C(F)(F)F)c1. The molecular weight excluding hydrogens is 597 g/mol. The van der Waals surface area contributed by atoms with Crippen molar-refractivity contribution in [2.24, 2.45) is 0 Å². The van der Waals surface area contributed by atoms with Crippen molar-refractivity contribution in [1.29, 1.82) is 0 Å². The highest BCUT2D eigenvalue weighted by atomic mass is 32.2. The molecule has 0 radical (unpaired) electrons. The molecule has 4 rings (SSSR count). The third-order valence-corrected chi connectivity index (χ3v) is 7.70. The molecule has 0 aliphatic carbocycles. The van der Waals surface area contributed by atoms with E-state index < -0.39 is 38.4 Å². The number of alkyl carbamates (subject to hydrolysis) is 1. The van der Waals surface area contributed by atoms with Gasteiger partial charge in [-0.3, -0.25) is 14.7 Å². The number of sulfonamides is 1. The minimum atomic E-state index is -4.87. The van der Waals surface area contributed by atoms with Crippen LogP contribution in [-0.4, -0.2) is 40.0 Å². The van der Waals surface area contributed by atoms with Gasteiger partial charge < -0.3 is 10.1 Å². The topological polar surface area (TPSA) is 136 Å². The number of hydrogen-bond acceptors (Lipinski definition) is 8. The quantitative estimate of drug-likeness (QED) is 0.232. The number of carbonyl (C=O) groups excluding carboxylic acids is 1. The molecule has 0 aliphatic heterocycles. The summed E-state index contributed by atoms with van der Waals surface area (Å²) in [7, 11) is -4.64. The first kappa shape index (κ1) is 32.3. The number of amides is 1. The third-order valence-electron chi connectivity index (χ3n) is 6.27. The normalized spacial score (nSPS) is 12.1.